The van der Waals surface area contributed by atoms with E-state index in [1.165, 1.54) is 0 Å². The molecule has 0 aliphatic rings. The largest absolute Gasteiger partial charge is 1.00 e. The Morgan fingerprint density at radius 2 is 1.08 bits per heavy atom. The summed E-state index contributed by atoms with van der Waals surface area (Å²) in [7, 11) is -5.17. The van der Waals surface area contributed by atoms with Crippen LogP contribution in [-0.2, 0) is 20.0 Å². The maximum absolute atomic E-state index is 9.10. The van der Waals surface area contributed by atoms with Gasteiger partial charge in [-0.05, 0) is 0 Å². The third kappa shape index (κ3) is 59.4. The van der Waals surface area contributed by atoms with Crippen molar-refractivity contribution in [3.8, 4) is 0 Å². The van der Waals surface area contributed by atoms with Crippen molar-refractivity contribution < 1.29 is 118 Å². The van der Waals surface area contributed by atoms with Crippen LogP contribution in [0.5, 0.6) is 0 Å². The van der Waals surface area contributed by atoms with Crippen LogP contribution in [0.4, 0.5) is 0 Å². The summed E-state index contributed by atoms with van der Waals surface area (Å²) in [6, 6.07) is 0. The second-order valence-electron chi connectivity index (χ2n) is 1.02. The summed E-state index contributed by atoms with van der Waals surface area (Å²) < 4.78 is 34.1. The van der Waals surface area contributed by atoms with E-state index in [0.29, 0.717) is 0 Å². The van der Waals surface area contributed by atoms with Gasteiger partial charge in [0.25, 0.3) is 0 Å². The number of carboxylic acids is 2. The molecule has 0 aliphatic heterocycles. The molecule has 0 aromatic carbocycles. The molecule has 0 rings (SSSR count). The summed E-state index contributed by atoms with van der Waals surface area (Å²) in [5.41, 5.74) is 0. The van der Waals surface area contributed by atoms with Crippen LogP contribution in [0.3, 0.4) is 0 Å². The number of hydrogen-bond acceptors (Lipinski definition) is 6. The molecule has 0 amide bonds. The van der Waals surface area contributed by atoms with E-state index in [4.69, 9.17) is 37.3 Å². The molecule has 0 saturated heterocycles. The van der Waals surface area contributed by atoms with E-state index in [1.54, 1.807) is 0 Å². The fourth-order valence-electron chi connectivity index (χ4n) is 0. The molecular formula is C2H2KNaO8S. The fourth-order valence-corrected chi connectivity index (χ4v) is 0. The van der Waals surface area contributed by atoms with Gasteiger partial charge in [-0.15, -0.1) is 0 Å². The Morgan fingerprint density at radius 1 is 1.00 bits per heavy atom. The van der Waals surface area contributed by atoms with Gasteiger partial charge in [0.05, 0.1) is 0 Å². The summed E-state index contributed by atoms with van der Waals surface area (Å²) >= 11 is 0. The number of rotatable bonds is 0. The van der Waals surface area contributed by atoms with Crippen LogP contribution < -0.4 is 80.9 Å². The van der Waals surface area contributed by atoms with Gasteiger partial charge in [0, 0.05) is 10.4 Å². The first kappa shape index (κ1) is 23.9. The van der Waals surface area contributed by atoms with E-state index in [2.05, 4.69) is 0 Å². The standard InChI is InChI=1S/C2H2O4.K.Na.H2O4S/c3-1(4)2(5)6;;;1-5(2,3)4/h(H,3,4)(H,5,6);;;(H2,1,2,3,4)/q;2*+1;/p-2. The first-order valence-corrected chi connectivity index (χ1v) is 3.11. The molecule has 0 aromatic rings. The smallest absolute Gasteiger partial charge is 0.759 e. The molecule has 11 heteroatoms. The van der Waals surface area contributed by atoms with Crippen LogP contribution in [-0.4, -0.2) is 39.7 Å². The molecule has 0 spiro atoms. The summed E-state index contributed by atoms with van der Waals surface area (Å²) in [5.74, 6) is -3.65. The van der Waals surface area contributed by atoms with Crippen molar-refractivity contribution in [2.45, 2.75) is 0 Å². The first-order valence-electron chi connectivity index (χ1n) is 1.77. The van der Waals surface area contributed by atoms with E-state index in [-0.39, 0.29) is 80.9 Å². The normalized spacial score (nSPS) is 7.85. The Labute approximate surface area is 138 Å². The van der Waals surface area contributed by atoms with Gasteiger partial charge in [0.2, 0.25) is 0 Å². The molecule has 0 unspecified atom stereocenters. The Morgan fingerprint density at radius 3 is 1.08 bits per heavy atom. The van der Waals surface area contributed by atoms with E-state index in [9.17, 15) is 0 Å². The molecule has 0 aliphatic carbocycles. The SMILES string of the molecule is O=C(O)C(=O)O.O=S(=O)([O-])[O-].[K+].[Na+]. The fraction of sp³-hybridized carbons (Fsp3) is 0. The van der Waals surface area contributed by atoms with Crippen LogP contribution >= 0.6 is 0 Å². The van der Waals surface area contributed by atoms with Crippen molar-refractivity contribution in [3.63, 3.8) is 0 Å². The number of hydrogen-bond donors (Lipinski definition) is 2. The number of carbonyl (C=O) groups is 2. The van der Waals surface area contributed by atoms with E-state index in [1.807, 2.05) is 0 Å². The Bertz CT molecular complexity index is 225. The maximum Gasteiger partial charge on any atom is 1.00 e. The minimum Gasteiger partial charge on any atom is -0.759 e. The predicted octanol–water partition coefficient (Wildman–Crippen LogP) is -8.17. The first-order chi connectivity index (χ1) is 4.64. The van der Waals surface area contributed by atoms with Gasteiger partial charge >= 0.3 is 92.9 Å². The van der Waals surface area contributed by atoms with Crippen LogP contribution in [0.25, 0.3) is 0 Å². The average Bonchev–Trinajstić information content (AvgIpc) is 1.59. The van der Waals surface area contributed by atoms with Crippen molar-refractivity contribution in [2.24, 2.45) is 0 Å². The summed E-state index contributed by atoms with van der Waals surface area (Å²) in [6.07, 6.45) is 0. The van der Waals surface area contributed by atoms with Crippen molar-refractivity contribution in [2.75, 3.05) is 0 Å². The second-order valence-corrected chi connectivity index (χ2v) is 1.84. The second kappa shape index (κ2) is 11.5. The molecule has 0 atom stereocenters. The molecule has 66 valence electrons. The Hall–Kier alpha value is 1.45. The Balaban J connectivity index is -0.0000000546. The minimum absolute atomic E-state index is 0. The summed E-state index contributed by atoms with van der Waals surface area (Å²) in [6.45, 7) is 0. The zero-order chi connectivity index (χ0) is 9.65. The molecule has 2 N–H and O–H groups in total. The number of aliphatic carboxylic acids is 2. The zero-order valence-electron chi connectivity index (χ0n) is 6.75. The van der Waals surface area contributed by atoms with Gasteiger partial charge in [-0.25, -0.2) is 9.59 Å². The molecule has 0 radical (unpaired) electrons. The molecule has 13 heavy (non-hydrogen) atoms. The van der Waals surface area contributed by atoms with Crippen molar-refractivity contribution in [1.82, 2.24) is 0 Å². The molecule has 0 aromatic heterocycles. The summed E-state index contributed by atoms with van der Waals surface area (Å²) in [4.78, 5) is 18.2. The molecule has 0 saturated carbocycles. The molecule has 0 bridgehead atoms. The van der Waals surface area contributed by atoms with Gasteiger partial charge in [-0.2, -0.15) is 0 Å². The van der Waals surface area contributed by atoms with Gasteiger partial charge in [0.1, 0.15) is 0 Å². The van der Waals surface area contributed by atoms with Gasteiger partial charge in [-0.3, -0.25) is 8.42 Å². The van der Waals surface area contributed by atoms with E-state index in [0.717, 1.165) is 0 Å². The quantitative estimate of drug-likeness (QED) is 0.185. The summed E-state index contributed by atoms with van der Waals surface area (Å²) in [5, 5.41) is 14.8. The van der Waals surface area contributed by atoms with Gasteiger partial charge in [0.15, 0.2) is 0 Å². The minimum atomic E-state index is -5.17. The zero-order valence-corrected chi connectivity index (χ0v) is 12.7. The van der Waals surface area contributed by atoms with Crippen LogP contribution in [0, 0.1) is 0 Å². The third-order valence-electron chi connectivity index (χ3n) is 0.183. The van der Waals surface area contributed by atoms with Crippen LogP contribution in [0.15, 0.2) is 0 Å². The maximum atomic E-state index is 9.10. The third-order valence-corrected chi connectivity index (χ3v) is 0.183. The van der Waals surface area contributed by atoms with E-state index < -0.39 is 22.3 Å². The van der Waals surface area contributed by atoms with Gasteiger partial charge in [-0.1, -0.05) is 0 Å². The topological polar surface area (TPSA) is 155 Å². The van der Waals surface area contributed by atoms with Crippen molar-refractivity contribution in [3.05, 3.63) is 0 Å². The molecule has 0 heterocycles. The van der Waals surface area contributed by atoms with Crippen molar-refractivity contribution in [1.29, 1.82) is 0 Å². The van der Waals surface area contributed by atoms with Gasteiger partial charge < -0.3 is 19.3 Å². The van der Waals surface area contributed by atoms with Crippen molar-refractivity contribution >= 4 is 22.3 Å². The predicted molar refractivity (Wildman–Crippen MR) is 25.7 cm³/mol. The van der Waals surface area contributed by atoms with Crippen LogP contribution in [0.2, 0.25) is 0 Å². The average molecular weight is 248 g/mol. The molecule has 0 fully saturated rings. The number of carboxylic acid groups (broad SMARTS) is 2. The molecule has 8 nitrogen and oxygen atoms in total. The Kier molecular flexibility index (Phi) is 21.2. The molecular weight excluding hydrogens is 246 g/mol. The monoisotopic (exact) mass is 248 g/mol. The van der Waals surface area contributed by atoms with Crippen LogP contribution in [0.1, 0.15) is 0 Å². The van der Waals surface area contributed by atoms with E-state index >= 15 is 0 Å².